The molecule has 0 bridgehead atoms. The van der Waals surface area contributed by atoms with E-state index in [2.05, 4.69) is 5.32 Å². The van der Waals surface area contributed by atoms with Gasteiger partial charge in [-0.25, -0.2) is 8.42 Å². The summed E-state index contributed by atoms with van der Waals surface area (Å²) in [5.74, 6) is 0.409. The van der Waals surface area contributed by atoms with Gasteiger partial charge in [-0.3, -0.25) is 4.79 Å². The normalized spacial score (nSPS) is 25.2. The summed E-state index contributed by atoms with van der Waals surface area (Å²) < 4.78 is 22.2. The standard InChI is InChI=1S/C9H17NO3S/c1-7(2)10-9(11)5-8-3-4-14(12,13)6-8/h7-8H,3-6H2,1-2H3,(H,10,11). The van der Waals surface area contributed by atoms with E-state index in [-0.39, 0.29) is 29.4 Å². The Bertz CT molecular complexity index is 308. The summed E-state index contributed by atoms with van der Waals surface area (Å²) in [4.78, 5) is 11.3. The van der Waals surface area contributed by atoms with Crippen molar-refractivity contribution >= 4 is 15.7 Å². The van der Waals surface area contributed by atoms with Crippen LogP contribution < -0.4 is 5.32 Å². The van der Waals surface area contributed by atoms with Gasteiger partial charge in [-0.2, -0.15) is 0 Å². The maximum atomic E-state index is 11.3. The van der Waals surface area contributed by atoms with Gasteiger partial charge in [0, 0.05) is 12.5 Å². The third-order valence-electron chi connectivity index (χ3n) is 2.25. The maximum Gasteiger partial charge on any atom is 0.220 e. The van der Waals surface area contributed by atoms with Crippen molar-refractivity contribution in [1.82, 2.24) is 5.32 Å². The number of sulfone groups is 1. The second-order valence-corrected chi connectivity index (χ2v) is 6.42. The van der Waals surface area contributed by atoms with Crippen LogP contribution in [0.4, 0.5) is 0 Å². The average molecular weight is 219 g/mol. The molecule has 14 heavy (non-hydrogen) atoms. The van der Waals surface area contributed by atoms with Gasteiger partial charge in [-0.1, -0.05) is 0 Å². The van der Waals surface area contributed by atoms with Gasteiger partial charge in [-0.05, 0) is 26.2 Å². The third kappa shape index (κ3) is 3.65. The summed E-state index contributed by atoms with van der Waals surface area (Å²) in [5, 5.41) is 2.76. The van der Waals surface area contributed by atoms with Crippen molar-refractivity contribution in [2.75, 3.05) is 11.5 Å². The second kappa shape index (κ2) is 4.29. The lowest BCUT2D eigenvalue weighted by molar-refractivity contribution is -0.122. The Morgan fingerprint density at radius 3 is 2.57 bits per heavy atom. The van der Waals surface area contributed by atoms with Gasteiger partial charge in [0.2, 0.25) is 5.91 Å². The van der Waals surface area contributed by atoms with E-state index in [1.807, 2.05) is 13.8 Å². The Labute approximate surface area is 85.0 Å². The second-order valence-electron chi connectivity index (χ2n) is 4.20. The van der Waals surface area contributed by atoms with Crippen LogP contribution in [0.1, 0.15) is 26.7 Å². The van der Waals surface area contributed by atoms with Crippen molar-refractivity contribution in [1.29, 1.82) is 0 Å². The Hall–Kier alpha value is -0.580. The molecule has 1 N–H and O–H groups in total. The van der Waals surface area contributed by atoms with Crippen LogP contribution in [-0.4, -0.2) is 31.9 Å². The fraction of sp³-hybridized carbons (Fsp3) is 0.889. The van der Waals surface area contributed by atoms with Crippen LogP contribution in [0.3, 0.4) is 0 Å². The molecule has 1 saturated heterocycles. The topological polar surface area (TPSA) is 63.2 Å². The summed E-state index contributed by atoms with van der Waals surface area (Å²) in [7, 11) is -2.85. The molecule has 0 aliphatic carbocycles. The Balaban J connectivity index is 2.36. The van der Waals surface area contributed by atoms with Crippen molar-refractivity contribution in [3.63, 3.8) is 0 Å². The zero-order valence-electron chi connectivity index (χ0n) is 8.62. The first-order valence-corrected chi connectivity index (χ1v) is 6.71. The molecule has 1 unspecified atom stereocenters. The monoisotopic (exact) mass is 219 g/mol. The number of carbonyl (C=O) groups is 1. The quantitative estimate of drug-likeness (QED) is 0.744. The molecule has 4 nitrogen and oxygen atoms in total. The van der Waals surface area contributed by atoms with Crippen molar-refractivity contribution < 1.29 is 13.2 Å². The highest BCUT2D eigenvalue weighted by Crippen LogP contribution is 2.21. The minimum Gasteiger partial charge on any atom is -0.354 e. The van der Waals surface area contributed by atoms with Gasteiger partial charge in [0.1, 0.15) is 0 Å². The van der Waals surface area contributed by atoms with Crippen molar-refractivity contribution in [2.24, 2.45) is 5.92 Å². The lowest BCUT2D eigenvalue weighted by atomic mass is 10.0. The van der Waals surface area contributed by atoms with E-state index in [1.165, 1.54) is 0 Å². The molecule has 82 valence electrons. The molecule has 0 saturated carbocycles. The molecule has 0 aromatic rings. The Kier molecular flexibility index (Phi) is 3.53. The maximum absolute atomic E-state index is 11.3. The molecule has 1 aliphatic heterocycles. The molecule has 0 aromatic heterocycles. The van der Waals surface area contributed by atoms with E-state index in [4.69, 9.17) is 0 Å². The number of hydrogen-bond acceptors (Lipinski definition) is 3. The van der Waals surface area contributed by atoms with E-state index in [1.54, 1.807) is 0 Å². The highest BCUT2D eigenvalue weighted by atomic mass is 32.2. The van der Waals surface area contributed by atoms with Crippen LogP contribution in [0.2, 0.25) is 0 Å². The predicted molar refractivity (Wildman–Crippen MR) is 54.7 cm³/mol. The molecule has 1 heterocycles. The van der Waals surface area contributed by atoms with Gasteiger partial charge in [0.05, 0.1) is 11.5 Å². The molecule has 0 aromatic carbocycles. The SMILES string of the molecule is CC(C)NC(=O)CC1CCS(=O)(=O)C1. The van der Waals surface area contributed by atoms with Crippen LogP contribution >= 0.6 is 0 Å². The largest absolute Gasteiger partial charge is 0.354 e. The molecule has 1 aliphatic rings. The molecular formula is C9H17NO3S. The first-order valence-electron chi connectivity index (χ1n) is 4.89. The summed E-state index contributed by atoms with van der Waals surface area (Å²) in [6.07, 6.45) is 0.977. The summed E-state index contributed by atoms with van der Waals surface area (Å²) in [5.41, 5.74) is 0. The third-order valence-corrected chi connectivity index (χ3v) is 4.09. The highest BCUT2D eigenvalue weighted by Gasteiger charge is 2.29. The van der Waals surface area contributed by atoms with Crippen LogP contribution in [0.15, 0.2) is 0 Å². The molecule has 5 heteroatoms. The zero-order valence-corrected chi connectivity index (χ0v) is 9.43. The number of amides is 1. The summed E-state index contributed by atoms with van der Waals surface area (Å²) in [6, 6.07) is 0.125. The van der Waals surface area contributed by atoms with E-state index in [9.17, 15) is 13.2 Å². The molecule has 0 radical (unpaired) electrons. The molecule has 1 amide bonds. The Morgan fingerprint density at radius 2 is 2.14 bits per heavy atom. The molecule has 1 fully saturated rings. The highest BCUT2D eigenvalue weighted by molar-refractivity contribution is 7.91. The first-order chi connectivity index (χ1) is 6.39. The first kappa shape index (κ1) is 11.5. The predicted octanol–water partition coefficient (Wildman–Crippen LogP) is 0.336. The van der Waals surface area contributed by atoms with Crippen molar-refractivity contribution in [3.05, 3.63) is 0 Å². The van der Waals surface area contributed by atoms with Gasteiger partial charge in [0.15, 0.2) is 9.84 Å². The number of rotatable bonds is 3. The minimum atomic E-state index is -2.85. The van der Waals surface area contributed by atoms with Crippen LogP contribution in [0.5, 0.6) is 0 Å². The Morgan fingerprint density at radius 1 is 1.50 bits per heavy atom. The molecular weight excluding hydrogens is 202 g/mol. The lowest BCUT2D eigenvalue weighted by Crippen LogP contribution is -2.31. The van der Waals surface area contributed by atoms with E-state index in [0.717, 1.165) is 0 Å². The molecule has 1 atom stereocenters. The van der Waals surface area contributed by atoms with Gasteiger partial charge >= 0.3 is 0 Å². The van der Waals surface area contributed by atoms with E-state index in [0.29, 0.717) is 12.8 Å². The average Bonchev–Trinajstić information content (AvgIpc) is 2.27. The van der Waals surface area contributed by atoms with Gasteiger partial charge < -0.3 is 5.32 Å². The molecule has 0 spiro atoms. The van der Waals surface area contributed by atoms with Crippen LogP contribution in [-0.2, 0) is 14.6 Å². The van der Waals surface area contributed by atoms with E-state index < -0.39 is 9.84 Å². The lowest BCUT2D eigenvalue weighted by Gasteiger charge is -2.10. The fourth-order valence-corrected chi connectivity index (χ4v) is 3.54. The smallest absolute Gasteiger partial charge is 0.220 e. The van der Waals surface area contributed by atoms with Crippen molar-refractivity contribution in [2.45, 2.75) is 32.7 Å². The zero-order chi connectivity index (χ0) is 10.8. The van der Waals surface area contributed by atoms with Crippen LogP contribution in [0.25, 0.3) is 0 Å². The summed E-state index contributed by atoms with van der Waals surface area (Å²) in [6.45, 7) is 3.78. The number of carbonyl (C=O) groups excluding carboxylic acids is 1. The fourth-order valence-electron chi connectivity index (χ4n) is 1.68. The summed E-state index contributed by atoms with van der Waals surface area (Å²) >= 11 is 0. The van der Waals surface area contributed by atoms with Gasteiger partial charge in [0.25, 0.3) is 0 Å². The van der Waals surface area contributed by atoms with E-state index >= 15 is 0 Å². The van der Waals surface area contributed by atoms with Crippen LogP contribution in [0, 0.1) is 5.92 Å². The van der Waals surface area contributed by atoms with Crippen molar-refractivity contribution in [3.8, 4) is 0 Å². The minimum absolute atomic E-state index is 0.0266. The number of hydrogen-bond donors (Lipinski definition) is 1. The van der Waals surface area contributed by atoms with Gasteiger partial charge in [-0.15, -0.1) is 0 Å². The number of nitrogens with one attached hydrogen (secondary N) is 1. The molecule has 1 rings (SSSR count).